The van der Waals surface area contributed by atoms with Gasteiger partial charge in [0.15, 0.2) is 0 Å². The third kappa shape index (κ3) is 6.25. The standard InChI is InChI=1S/C10H20N2OS/c1-10(9-11,12-2)5-3-4-7-14-8-6-13/h12-13H,3-8H2,1-2H3. The van der Waals surface area contributed by atoms with E-state index in [4.69, 9.17) is 10.4 Å². The molecule has 0 bridgehead atoms. The summed E-state index contributed by atoms with van der Waals surface area (Å²) >= 11 is 1.77. The molecular formula is C10H20N2OS. The van der Waals surface area contributed by atoms with Gasteiger partial charge in [-0.1, -0.05) is 0 Å². The highest BCUT2D eigenvalue weighted by atomic mass is 32.2. The van der Waals surface area contributed by atoms with Crippen molar-refractivity contribution in [1.29, 1.82) is 5.26 Å². The highest BCUT2D eigenvalue weighted by molar-refractivity contribution is 7.99. The van der Waals surface area contributed by atoms with Gasteiger partial charge >= 0.3 is 0 Å². The number of aliphatic hydroxyl groups excluding tert-OH is 1. The average Bonchev–Trinajstić information content (AvgIpc) is 2.23. The van der Waals surface area contributed by atoms with Crippen LogP contribution in [0.2, 0.25) is 0 Å². The molecule has 2 N–H and O–H groups in total. The monoisotopic (exact) mass is 216 g/mol. The van der Waals surface area contributed by atoms with E-state index in [-0.39, 0.29) is 12.1 Å². The van der Waals surface area contributed by atoms with E-state index in [0.29, 0.717) is 0 Å². The molecule has 0 fully saturated rings. The molecule has 0 aliphatic rings. The second kappa shape index (κ2) is 8.10. The highest BCUT2D eigenvalue weighted by Crippen LogP contribution is 2.13. The maximum Gasteiger partial charge on any atom is 0.103 e. The number of unbranched alkanes of at least 4 members (excludes halogenated alkanes) is 1. The van der Waals surface area contributed by atoms with Gasteiger partial charge in [0.1, 0.15) is 5.54 Å². The molecule has 0 aliphatic carbocycles. The molecule has 14 heavy (non-hydrogen) atoms. The fourth-order valence-electron chi connectivity index (χ4n) is 1.09. The minimum absolute atomic E-state index is 0.261. The Kier molecular flexibility index (Phi) is 7.96. The van der Waals surface area contributed by atoms with E-state index in [1.807, 2.05) is 14.0 Å². The Morgan fingerprint density at radius 3 is 2.64 bits per heavy atom. The van der Waals surface area contributed by atoms with Crippen molar-refractivity contribution in [2.45, 2.75) is 31.7 Å². The number of hydrogen-bond donors (Lipinski definition) is 2. The quantitative estimate of drug-likeness (QED) is 0.602. The molecular weight excluding hydrogens is 196 g/mol. The smallest absolute Gasteiger partial charge is 0.103 e. The number of thioether (sulfide) groups is 1. The zero-order valence-electron chi connectivity index (χ0n) is 9.05. The van der Waals surface area contributed by atoms with Crippen molar-refractivity contribution in [2.75, 3.05) is 25.2 Å². The van der Waals surface area contributed by atoms with Crippen LogP contribution >= 0.6 is 11.8 Å². The molecule has 0 saturated heterocycles. The number of rotatable bonds is 8. The van der Waals surface area contributed by atoms with Gasteiger partial charge in [0.2, 0.25) is 0 Å². The van der Waals surface area contributed by atoms with E-state index in [9.17, 15) is 0 Å². The second-order valence-corrected chi connectivity index (χ2v) is 4.71. The van der Waals surface area contributed by atoms with Crippen LogP contribution in [0.1, 0.15) is 26.2 Å². The van der Waals surface area contributed by atoms with Crippen molar-refractivity contribution < 1.29 is 5.11 Å². The molecule has 4 heteroatoms. The summed E-state index contributed by atoms with van der Waals surface area (Å²) in [6.07, 6.45) is 3.06. The SMILES string of the molecule is CNC(C)(C#N)CCCCSCCO. The largest absolute Gasteiger partial charge is 0.396 e. The van der Waals surface area contributed by atoms with E-state index in [2.05, 4.69) is 11.4 Å². The summed E-state index contributed by atoms with van der Waals surface area (Å²) in [5.74, 6) is 1.90. The van der Waals surface area contributed by atoms with Crippen LogP contribution in [-0.2, 0) is 0 Å². The lowest BCUT2D eigenvalue weighted by atomic mass is 9.97. The summed E-state index contributed by atoms with van der Waals surface area (Å²) in [6, 6.07) is 2.27. The normalized spacial score (nSPS) is 14.7. The van der Waals surface area contributed by atoms with E-state index in [1.165, 1.54) is 0 Å². The third-order valence-corrected chi connectivity index (χ3v) is 3.30. The fourth-order valence-corrected chi connectivity index (χ4v) is 1.83. The predicted molar refractivity (Wildman–Crippen MR) is 61.3 cm³/mol. The molecule has 0 spiro atoms. The van der Waals surface area contributed by atoms with Crippen LogP contribution < -0.4 is 5.32 Å². The van der Waals surface area contributed by atoms with Crippen LogP contribution in [0.5, 0.6) is 0 Å². The summed E-state index contributed by atoms with van der Waals surface area (Å²) in [6.45, 7) is 2.19. The van der Waals surface area contributed by atoms with E-state index >= 15 is 0 Å². The number of aliphatic hydroxyl groups is 1. The van der Waals surface area contributed by atoms with Gasteiger partial charge < -0.3 is 10.4 Å². The molecule has 0 aromatic heterocycles. The molecule has 0 heterocycles. The van der Waals surface area contributed by atoms with Crippen molar-refractivity contribution in [2.24, 2.45) is 0 Å². The Hall–Kier alpha value is -0.240. The number of hydrogen-bond acceptors (Lipinski definition) is 4. The van der Waals surface area contributed by atoms with Crippen molar-refractivity contribution in [1.82, 2.24) is 5.32 Å². The summed E-state index contributed by atoms with van der Waals surface area (Å²) in [4.78, 5) is 0. The Morgan fingerprint density at radius 1 is 1.43 bits per heavy atom. The third-order valence-electron chi connectivity index (χ3n) is 2.25. The van der Waals surface area contributed by atoms with E-state index in [0.717, 1.165) is 30.8 Å². The van der Waals surface area contributed by atoms with Gasteiger partial charge in [0.05, 0.1) is 12.7 Å². The molecule has 82 valence electrons. The van der Waals surface area contributed by atoms with Crippen LogP contribution in [0.25, 0.3) is 0 Å². The molecule has 0 amide bonds. The molecule has 0 rings (SSSR count). The number of nitrogens with one attached hydrogen (secondary N) is 1. The van der Waals surface area contributed by atoms with Crippen LogP contribution in [0.15, 0.2) is 0 Å². The summed E-state index contributed by atoms with van der Waals surface area (Å²) in [7, 11) is 1.82. The van der Waals surface area contributed by atoms with Crippen LogP contribution in [-0.4, -0.2) is 35.8 Å². The molecule has 0 aliphatic heterocycles. The van der Waals surface area contributed by atoms with Gasteiger partial charge in [0, 0.05) is 5.75 Å². The topological polar surface area (TPSA) is 56.0 Å². The maximum absolute atomic E-state index is 8.88. The molecule has 0 aromatic rings. The minimum atomic E-state index is -0.373. The summed E-state index contributed by atoms with van der Waals surface area (Å²) < 4.78 is 0. The number of nitrogens with zero attached hydrogens (tertiary/aromatic N) is 1. The maximum atomic E-state index is 8.88. The molecule has 1 unspecified atom stereocenters. The first kappa shape index (κ1) is 13.8. The van der Waals surface area contributed by atoms with E-state index < -0.39 is 0 Å². The van der Waals surface area contributed by atoms with Crippen LogP contribution in [0, 0.1) is 11.3 Å². The van der Waals surface area contributed by atoms with Crippen molar-refractivity contribution >= 4 is 11.8 Å². The fraction of sp³-hybridized carbons (Fsp3) is 0.900. The lowest BCUT2D eigenvalue weighted by Crippen LogP contribution is -2.37. The summed E-state index contributed by atoms with van der Waals surface area (Å²) in [5.41, 5.74) is -0.373. The molecule has 1 atom stereocenters. The van der Waals surface area contributed by atoms with Crippen LogP contribution in [0.4, 0.5) is 0 Å². The molecule has 3 nitrogen and oxygen atoms in total. The molecule has 0 aromatic carbocycles. The van der Waals surface area contributed by atoms with Crippen molar-refractivity contribution in [3.8, 4) is 6.07 Å². The zero-order chi connectivity index (χ0) is 10.9. The predicted octanol–water partition coefficient (Wildman–Crippen LogP) is 1.38. The first-order valence-electron chi connectivity index (χ1n) is 4.97. The Morgan fingerprint density at radius 2 is 2.14 bits per heavy atom. The highest BCUT2D eigenvalue weighted by Gasteiger charge is 2.19. The second-order valence-electron chi connectivity index (χ2n) is 3.49. The lowest BCUT2D eigenvalue weighted by Gasteiger charge is -2.20. The van der Waals surface area contributed by atoms with Crippen molar-refractivity contribution in [3.63, 3.8) is 0 Å². The summed E-state index contributed by atoms with van der Waals surface area (Å²) in [5, 5.41) is 20.5. The average molecular weight is 216 g/mol. The van der Waals surface area contributed by atoms with Gasteiger partial charge in [0.25, 0.3) is 0 Å². The van der Waals surface area contributed by atoms with Gasteiger partial charge in [-0.05, 0) is 39.0 Å². The lowest BCUT2D eigenvalue weighted by molar-refractivity contribution is 0.322. The molecule has 0 radical (unpaired) electrons. The molecule has 0 saturated carbocycles. The van der Waals surface area contributed by atoms with Gasteiger partial charge in [-0.15, -0.1) is 0 Å². The zero-order valence-corrected chi connectivity index (χ0v) is 9.86. The van der Waals surface area contributed by atoms with Gasteiger partial charge in [-0.2, -0.15) is 17.0 Å². The Labute approximate surface area is 90.9 Å². The van der Waals surface area contributed by atoms with Crippen molar-refractivity contribution in [3.05, 3.63) is 0 Å². The first-order valence-corrected chi connectivity index (χ1v) is 6.13. The Bertz CT molecular complexity index is 181. The minimum Gasteiger partial charge on any atom is -0.396 e. The Balaban J connectivity index is 3.40. The van der Waals surface area contributed by atoms with Crippen LogP contribution in [0.3, 0.4) is 0 Å². The van der Waals surface area contributed by atoms with Gasteiger partial charge in [-0.3, -0.25) is 0 Å². The number of nitriles is 1. The van der Waals surface area contributed by atoms with E-state index in [1.54, 1.807) is 11.8 Å². The van der Waals surface area contributed by atoms with Gasteiger partial charge in [-0.25, -0.2) is 0 Å². The first-order chi connectivity index (χ1) is 6.68.